The molecule has 8 nitrogen and oxygen atoms in total. The van der Waals surface area contributed by atoms with Gasteiger partial charge >= 0.3 is 0 Å². The number of aromatic nitrogens is 2. The summed E-state index contributed by atoms with van der Waals surface area (Å²) in [5.41, 5.74) is 0.934. The largest absolute Gasteiger partial charge is 0.353 e. The van der Waals surface area contributed by atoms with Gasteiger partial charge in [-0.1, -0.05) is 30.3 Å². The van der Waals surface area contributed by atoms with E-state index < -0.39 is 6.04 Å². The van der Waals surface area contributed by atoms with Crippen molar-refractivity contribution in [3.8, 4) is 0 Å². The number of anilines is 1. The van der Waals surface area contributed by atoms with Gasteiger partial charge in [0.25, 0.3) is 0 Å². The first-order valence-electron chi connectivity index (χ1n) is 10.2. The Hall–Kier alpha value is -3.26. The maximum Gasteiger partial charge on any atom is 0.244 e. The van der Waals surface area contributed by atoms with Crippen LogP contribution in [0.2, 0.25) is 0 Å². The zero-order valence-corrected chi connectivity index (χ0v) is 17.2. The molecule has 158 valence electrons. The Balaban J connectivity index is 1.32. The molecule has 0 saturated carbocycles. The van der Waals surface area contributed by atoms with Crippen molar-refractivity contribution >= 4 is 23.8 Å². The summed E-state index contributed by atoms with van der Waals surface area (Å²) < 4.78 is 0. The highest BCUT2D eigenvalue weighted by atomic mass is 16.2. The summed E-state index contributed by atoms with van der Waals surface area (Å²) in [6, 6.07) is 10.8. The Morgan fingerprint density at radius 1 is 1.07 bits per heavy atom. The summed E-state index contributed by atoms with van der Waals surface area (Å²) in [6.07, 6.45) is 6.67. The van der Waals surface area contributed by atoms with Crippen LogP contribution in [0.5, 0.6) is 0 Å². The van der Waals surface area contributed by atoms with Gasteiger partial charge in [0.05, 0.1) is 0 Å². The van der Waals surface area contributed by atoms with E-state index in [1.54, 1.807) is 25.4 Å². The first kappa shape index (κ1) is 21.4. The fourth-order valence-electron chi connectivity index (χ4n) is 3.18. The molecule has 0 radical (unpaired) electrons. The minimum absolute atomic E-state index is 0.187. The predicted molar refractivity (Wildman–Crippen MR) is 117 cm³/mol. The lowest BCUT2D eigenvalue weighted by Gasteiger charge is -2.34. The second-order valence-electron chi connectivity index (χ2n) is 7.14. The third kappa shape index (κ3) is 6.66. The van der Waals surface area contributed by atoms with E-state index in [1.807, 2.05) is 36.4 Å². The van der Waals surface area contributed by atoms with E-state index >= 15 is 0 Å². The molecule has 2 aromatic rings. The fourth-order valence-corrected chi connectivity index (χ4v) is 3.18. The maximum atomic E-state index is 12.2. The van der Waals surface area contributed by atoms with Crippen LogP contribution in [0.15, 0.2) is 54.9 Å². The molecule has 30 heavy (non-hydrogen) atoms. The Morgan fingerprint density at radius 2 is 1.77 bits per heavy atom. The Morgan fingerprint density at radius 3 is 2.47 bits per heavy atom. The lowest BCUT2D eigenvalue weighted by molar-refractivity contribution is -0.126. The molecule has 1 aliphatic rings. The first-order valence-corrected chi connectivity index (χ1v) is 10.2. The molecule has 8 heteroatoms. The van der Waals surface area contributed by atoms with Crippen molar-refractivity contribution < 1.29 is 9.59 Å². The van der Waals surface area contributed by atoms with Crippen LogP contribution in [0.25, 0.3) is 6.08 Å². The van der Waals surface area contributed by atoms with Gasteiger partial charge in [0.1, 0.15) is 6.04 Å². The number of piperazine rings is 1. The van der Waals surface area contributed by atoms with Crippen molar-refractivity contribution in [3.63, 3.8) is 0 Å². The average molecular weight is 409 g/mol. The van der Waals surface area contributed by atoms with E-state index in [4.69, 9.17) is 0 Å². The molecule has 0 aliphatic carbocycles. The lowest BCUT2D eigenvalue weighted by Crippen LogP contribution is -2.50. The predicted octanol–water partition coefficient (Wildman–Crippen LogP) is 0.933. The lowest BCUT2D eigenvalue weighted by atomic mass is 10.2. The smallest absolute Gasteiger partial charge is 0.244 e. The molecular weight excluding hydrogens is 380 g/mol. The quantitative estimate of drug-likeness (QED) is 0.632. The minimum atomic E-state index is -0.593. The average Bonchev–Trinajstić information content (AvgIpc) is 2.79. The van der Waals surface area contributed by atoms with E-state index in [9.17, 15) is 9.59 Å². The van der Waals surface area contributed by atoms with Crippen molar-refractivity contribution in [1.82, 2.24) is 25.5 Å². The normalized spacial score (nSPS) is 15.7. The van der Waals surface area contributed by atoms with Crippen LogP contribution in [0.4, 0.5) is 5.95 Å². The number of amides is 2. The summed E-state index contributed by atoms with van der Waals surface area (Å²) >= 11 is 0. The number of hydrogen-bond donors (Lipinski definition) is 2. The van der Waals surface area contributed by atoms with Gasteiger partial charge in [0.2, 0.25) is 17.8 Å². The van der Waals surface area contributed by atoms with Gasteiger partial charge in [-0.05, 0) is 24.6 Å². The van der Waals surface area contributed by atoms with Gasteiger partial charge in [-0.25, -0.2) is 9.97 Å². The number of nitrogens with one attached hydrogen (secondary N) is 2. The number of nitrogens with zero attached hydrogens (tertiary/aromatic N) is 4. The van der Waals surface area contributed by atoms with E-state index in [2.05, 4.69) is 30.4 Å². The van der Waals surface area contributed by atoms with Gasteiger partial charge < -0.3 is 15.5 Å². The molecule has 3 rings (SSSR count). The number of hydrogen-bond acceptors (Lipinski definition) is 6. The fraction of sp³-hybridized carbons (Fsp3) is 0.364. The Bertz CT molecular complexity index is 835. The second-order valence-corrected chi connectivity index (χ2v) is 7.14. The van der Waals surface area contributed by atoms with Crippen LogP contribution >= 0.6 is 0 Å². The monoisotopic (exact) mass is 408 g/mol. The van der Waals surface area contributed by atoms with Crippen LogP contribution in [-0.2, 0) is 9.59 Å². The molecule has 1 atom stereocenters. The van der Waals surface area contributed by atoms with Crippen molar-refractivity contribution in [2.24, 2.45) is 0 Å². The first-order chi connectivity index (χ1) is 14.6. The van der Waals surface area contributed by atoms with Crippen LogP contribution in [0, 0.1) is 0 Å². The zero-order valence-electron chi connectivity index (χ0n) is 17.2. The molecule has 2 N–H and O–H groups in total. The second kappa shape index (κ2) is 11.1. The molecule has 1 aliphatic heterocycles. The summed E-state index contributed by atoms with van der Waals surface area (Å²) in [5.74, 6) is 0.282. The SMILES string of the molecule is CC(NC(=O)C=Cc1ccccc1)C(=O)NCCN1CCN(c2ncccn2)CC1. The van der Waals surface area contributed by atoms with Gasteiger partial charge in [0, 0.05) is 57.7 Å². The molecule has 2 heterocycles. The molecule has 1 aromatic carbocycles. The van der Waals surface area contributed by atoms with Crippen molar-refractivity contribution in [2.75, 3.05) is 44.2 Å². The van der Waals surface area contributed by atoms with Gasteiger partial charge in [0.15, 0.2) is 0 Å². The van der Waals surface area contributed by atoms with Gasteiger partial charge in [-0.15, -0.1) is 0 Å². The van der Waals surface area contributed by atoms with E-state index in [1.165, 1.54) is 6.08 Å². The molecule has 1 aromatic heterocycles. The summed E-state index contributed by atoms with van der Waals surface area (Å²) in [5, 5.41) is 5.58. The van der Waals surface area contributed by atoms with Crippen LogP contribution in [0.1, 0.15) is 12.5 Å². The van der Waals surface area contributed by atoms with E-state index in [-0.39, 0.29) is 11.8 Å². The number of rotatable bonds is 8. The maximum absolute atomic E-state index is 12.2. The molecule has 1 saturated heterocycles. The van der Waals surface area contributed by atoms with Crippen LogP contribution in [0.3, 0.4) is 0 Å². The van der Waals surface area contributed by atoms with E-state index in [0.717, 1.165) is 44.2 Å². The van der Waals surface area contributed by atoms with Crippen molar-refractivity contribution in [1.29, 1.82) is 0 Å². The molecule has 1 unspecified atom stereocenters. The molecule has 2 amide bonds. The third-order valence-corrected chi connectivity index (χ3v) is 4.91. The highest BCUT2D eigenvalue weighted by Gasteiger charge is 2.19. The Labute approximate surface area is 177 Å². The van der Waals surface area contributed by atoms with Gasteiger partial charge in [-0.2, -0.15) is 0 Å². The number of carbonyl (C=O) groups is 2. The summed E-state index contributed by atoms with van der Waals surface area (Å²) in [6.45, 7) is 6.50. The highest BCUT2D eigenvalue weighted by molar-refractivity contribution is 5.95. The molecular formula is C22H28N6O2. The number of carbonyl (C=O) groups excluding carboxylic acids is 2. The van der Waals surface area contributed by atoms with E-state index in [0.29, 0.717) is 6.54 Å². The van der Waals surface area contributed by atoms with Crippen molar-refractivity contribution in [3.05, 3.63) is 60.4 Å². The minimum Gasteiger partial charge on any atom is -0.353 e. The van der Waals surface area contributed by atoms with Crippen molar-refractivity contribution in [2.45, 2.75) is 13.0 Å². The standard InChI is InChI=1S/C22H28N6O2/c1-18(26-20(29)9-8-19-6-3-2-4-7-19)21(30)23-12-13-27-14-16-28(17-15-27)22-24-10-5-11-25-22/h2-11,18H,12-17H2,1H3,(H,23,30)(H,26,29). The summed E-state index contributed by atoms with van der Waals surface area (Å²) in [7, 11) is 0. The number of benzene rings is 1. The zero-order chi connectivity index (χ0) is 21.2. The molecule has 0 spiro atoms. The molecule has 0 bridgehead atoms. The van der Waals surface area contributed by atoms with Crippen LogP contribution < -0.4 is 15.5 Å². The molecule has 1 fully saturated rings. The Kier molecular flexibility index (Phi) is 7.91. The highest BCUT2D eigenvalue weighted by Crippen LogP contribution is 2.09. The van der Waals surface area contributed by atoms with Crippen LogP contribution in [-0.4, -0.2) is 72.0 Å². The third-order valence-electron chi connectivity index (χ3n) is 4.91. The topological polar surface area (TPSA) is 90.5 Å². The van der Waals surface area contributed by atoms with Gasteiger partial charge in [-0.3, -0.25) is 14.5 Å². The summed E-state index contributed by atoms with van der Waals surface area (Å²) in [4.78, 5) is 37.3.